The van der Waals surface area contributed by atoms with Crippen LogP contribution in [0, 0.1) is 5.92 Å². The van der Waals surface area contributed by atoms with Gasteiger partial charge in [-0.05, 0) is 37.1 Å². The number of amides is 1. The summed E-state index contributed by atoms with van der Waals surface area (Å²) in [6.07, 6.45) is 2.74. The molecule has 3 rings (SSSR count). The van der Waals surface area contributed by atoms with Crippen molar-refractivity contribution in [2.45, 2.75) is 37.8 Å². The van der Waals surface area contributed by atoms with Gasteiger partial charge in [-0.1, -0.05) is 0 Å². The molecule has 2 aliphatic rings. The molecular weight excluding hydrogens is 282 g/mol. The van der Waals surface area contributed by atoms with E-state index in [1.54, 1.807) is 31.4 Å². The molecule has 118 valence electrons. The highest BCUT2D eigenvalue weighted by molar-refractivity contribution is 5.98. The van der Waals surface area contributed by atoms with Crippen molar-refractivity contribution in [2.75, 3.05) is 13.7 Å². The Hall–Kier alpha value is -1.88. The van der Waals surface area contributed by atoms with E-state index in [-0.39, 0.29) is 30.6 Å². The second-order valence-corrected chi connectivity index (χ2v) is 5.92. The van der Waals surface area contributed by atoms with Crippen LogP contribution in [0.1, 0.15) is 36.0 Å². The molecule has 0 spiro atoms. The minimum absolute atomic E-state index is 0.0199. The van der Waals surface area contributed by atoms with Gasteiger partial charge in [0.2, 0.25) is 5.91 Å². The van der Waals surface area contributed by atoms with Crippen molar-refractivity contribution in [3.8, 4) is 5.75 Å². The maximum Gasteiger partial charge on any atom is 0.220 e. The van der Waals surface area contributed by atoms with E-state index < -0.39 is 0 Å². The Morgan fingerprint density at radius 2 is 2.05 bits per heavy atom. The zero-order valence-electron chi connectivity index (χ0n) is 12.7. The summed E-state index contributed by atoms with van der Waals surface area (Å²) < 4.78 is 10.6. The number of fused-ring (bicyclic) bond motifs is 1. The van der Waals surface area contributed by atoms with E-state index in [2.05, 4.69) is 5.32 Å². The molecule has 1 N–H and O–H groups in total. The molecule has 1 aliphatic heterocycles. The van der Waals surface area contributed by atoms with Gasteiger partial charge in [-0.2, -0.15) is 0 Å². The topological polar surface area (TPSA) is 64.6 Å². The molecular formula is C17H21NO4. The van der Waals surface area contributed by atoms with Crippen LogP contribution < -0.4 is 10.1 Å². The SMILES string of the molecule is COc1ccc(C(=O)CCC(=O)N[C@H]2C[C@@H]3OCC[C@H]23)cc1. The third-order valence-corrected chi connectivity index (χ3v) is 4.60. The number of nitrogens with one attached hydrogen (secondary N) is 1. The maximum atomic E-state index is 12.1. The summed E-state index contributed by atoms with van der Waals surface area (Å²) in [5.74, 6) is 1.12. The quantitative estimate of drug-likeness (QED) is 0.816. The summed E-state index contributed by atoms with van der Waals surface area (Å²) >= 11 is 0. The smallest absolute Gasteiger partial charge is 0.220 e. The minimum atomic E-state index is -0.0442. The Morgan fingerprint density at radius 3 is 2.73 bits per heavy atom. The number of rotatable bonds is 6. The summed E-state index contributed by atoms with van der Waals surface area (Å²) in [6, 6.07) is 7.19. The average Bonchev–Trinajstić information content (AvgIpc) is 2.91. The van der Waals surface area contributed by atoms with Crippen LogP contribution in [0.3, 0.4) is 0 Å². The van der Waals surface area contributed by atoms with Gasteiger partial charge in [0.25, 0.3) is 0 Å². The van der Waals surface area contributed by atoms with Gasteiger partial charge in [0.15, 0.2) is 5.78 Å². The van der Waals surface area contributed by atoms with Crippen LogP contribution in [0.2, 0.25) is 0 Å². The van der Waals surface area contributed by atoms with Crippen molar-refractivity contribution in [3.63, 3.8) is 0 Å². The van der Waals surface area contributed by atoms with Gasteiger partial charge in [-0.15, -0.1) is 0 Å². The second kappa shape index (κ2) is 6.48. The first-order chi connectivity index (χ1) is 10.7. The number of hydrogen-bond acceptors (Lipinski definition) is 4. The van der Waals surface area contributed by atoms with Gasteiger partial charge < -0.3 is 14.8 Å². The molecule has 1 aromatic rings. The molecule has 22 heavy (non-hydrogen) atoms. The molecule has 0 bridgehead atoms. The lowest BCUT2D eigenvalue weighted by molar-refractivity contribution is -0.124. The molecule has 5 heteroatoms. The lowest BCUT2D eigenvalue weighted by Crippen LogP contribution is -2.53. The molecule has 3 atom stereocenters. The van der Waals surface area contributed by atoms with E-state index in [4.69, 9.17) is 9.47 Å². The maximum absolute atomic E-state index is 12.1. The van der Waals surface area contributed by atoms with E-state index in [1.807, 2.05) is 0 Å². The van der Waals surface area contributed by atoms with Crippen LogP contribution in [-0.2, 0) is 9.53 Å². The minimum Gasteiger partial charge on any atom is -0.497 e. The molecule has 5 nitrogen and oxygen atoms in total. The third-order valence-electron chi connectivity index (χ3n) is 4.60. The summed E-state index contributed by atoms with van der Waals surface area (Å²) in [6.45, 7) is 0.803. The van der Waals surface area contributed by atoms with E-state index in [0.29, 0.717) is 23.3 Å². The first-order valence-corrected chi connectivity index (χ1v) is 7.75. The molecule has 0 radical (unpaired) electrons. The predicted molar refractivity (Wildman–Crippen MR) is 81.0 cm³/mol. The van der Waals surface area contributed by atoms with E-state index >= 15 is 0 Å². The average molecular weight is 303 g/mol. The Labute approximate surface area is 130 Å². The van der Waals surface area contributed by atoms with E-state index in [9.17, 15) is 9.59 Å². The number of ether oxygens (including phenoxy) is 2. The largest absolute Gasteiger partial charge is 0.497 e. The molecule has 0 aromatic heterocycles. The first-order valence-electron chi connectivity index (χ1n) is 7.75. The number of hydrogen-bond donors (Lipinski definition) is 1. The Bertz CT molecular complexity index is 554. The molecule has 1 aromatic carbocycles. The number of benzene rings is 1. The number of ketones is 1. The molecule has 1 saturated carbocycles. The van der Waals surface area contributed by atoms with Crippen molar-refractivity contribution in [3.05, 3.63) is 29.8 Å². The molecule has 0 unspecified atom stereocenters. The zero-order chi connectivity index (χ0) is 15.5. The lowest BCUT2D eigenvalue weighted by atomic mass is 9.76. The number of methoxy groups -OCH3 is 1. The fraction of sp³-hybridized carbons (Fsp3) is 0.529. The van der Waals surface area contributed by atoms with Crippen molar-refractivity contribution in [1.82, 2.24) is 5.32 Å². The normalized spacial score (nSPS) is 26.0. The number of carbonyl (C=O) groups is 2. The zero-order valence-corrected chi connectivity index (χ0v) is 12.7. The third kappa shape index (κ3) is 3.14. The van der Waals surface area contributed by atoms with Gasteiger partial charge in [-0.25, -0.2) is 0 Å². The van der Waals surface area contributed by atoms with Gasteiger partial charge in [0, 0.05) is 37.0 Å². The lowest BCUT2D eigenvalue weighted by Gasteiger charge is -2.39. The molecule has 1 amide bonds. The van der Waals surface area contributed by atoms with Crippen molar-refractivity contribution in [2.24, 2.45) is 5.92 Å². The summed E-state index contributed by atoms with van der Waals surface area (Å²) in [7, 11) is 1.58. The Kier molecular flexibility index (Phi) is 4.43. The van der Waals surface area contributed by atoms with Crippen molar-refractivity contribution in [1.29, 1.82) is 0 Å². The van der Waals surface area contributed by atoms with Crippen LogP contribution in [0.5, 0.6) is 5.75 Å². The van der Waals surface area contributed by atoms with Crippen LogP contribution in [0.4, 0.5) is 0 Å². The Morgan fingerprint density at radius 1 is 1.27 bits per heavy atom. The molecule has 1 aliphatic carbocycles. The standard InChI is InChI=1S/C17H21NO4/c1-21-12-4-2-11(3-5-12)15(19)6-7-17(20)18-14-10-16-13(14)8-9-22-16/h2-5,13-14,16H,6-10H2,1H3,(H,18,20)/t13-,14+,16+/m1/s1. The highest BCUT2D eigenvalue weighted by Gasteiger charge is 2.45. The monoisotopic (exact) mass is 303 g/mol. The van der Waals surface area contributed by atoms with Crippen LogP contribution >= 0.6 is 0 Å². The highest BCUT2D eigenvalue weighted by Crippen LogP contribution is 2.38. The fourth-order valence-corrected chi connectivity index (χ4v) is 3.19. The first kappa shape index (κ1) is 15.0. The predicted octanol–water partition coefficient (Wildman–Crippen LogP) is 1.95. The summed E-state index contributed by atoms with van der Waals surface area (Å²) in [5.41, 5.74) is 0.613. The summed E-state index contributed by atoms with van der Waals surface area (Å²) in [5, 5.41) is 3.02. The van der Waals surface area contributed by atoms with Crippen LogP contribution in [0.25, 0.3) is 0 Å². The molecule has 2 fully saturated rings. The van der Waals surface area contributed by atoms with Crippen molar-refractivity contribution < 1.29 is 19.1 Å². The van der Waals surface area contributed by atoms with Crippen LogP contribution in [-0.4, -0.2) is 37.6 Å². The second-order valence-electron chi connectivity index (χ2n) is 5.92. The Balaban J connectivity index is 1.43. The van der Waals surface area contributed by atoms with Gasteiger partial charge in [0.1, 0.15) is 5.75 Å². The summed E-state index contributed by atoms with van der Waals surface area (Å²) in [4.78, 5) is 24.0. The fourth-order valence-electron chi connectivity index (χ4n) is 3.19. The molecule has 1 saturated heterocycles. The van der Waals surface area contributed by atoms with Crippen molar-refractivity contribution >= 4 is 11.7 Å². The highest BCUT2D eigenvalue weighted by atomic mass is 16.5. The van der Waals surface area contributed by atoms with E-state index in [0.717, 1.165) is 19.4 Å². The van der Waals surface area contributed by atoms with E-state index in [1.165, 1.54) is 0 Å². The molecule has 1 heterocycles. The van der Waals surface area contributed by atoms with Gasteiger partial charge in [-0.3, -0.25) is 9.59 Å². The number of carbonyl (C=O) groups excluding carboxylic acids is 2. The number of Topliss-reactive ketones (excluding diaryl/α,β-unsaturated/α-hetero) is 1. The van der Waals surface area contributed by atoms with Gasteiger partial charge >= 0.3 is 0 Å². The van der Waals surface area contributed by atoms with Crippen LogP contribution in [0.15, 0.2) is 24.3 Å². The van der Waals surface area contributed by atoms with Gasteiger partial charge in [0.05, 0.1) is 13.2 Å².